The first-order valence-corrected chi connectivity index (χ1v) is 7.04. The van der Waals surface area contributed by atoms with Gasteiger partial charge in [-0.1, -0.05) is 6.92 Å². The van der Waals surface area contributed by atoms with Crippen LogP contribution in [0.25, 0.3) is 10.2 Å². The lowest BCUT2D eigenvalue weighted by atomic mass is 10.2. The second-order valence-corrected chi connectivity index (χ2v) is 5.63. The molecule has 5 nitrogen and oxygen atoms in total. The zero-order valence-corrected chi connectivity index (χ0v) is 12.2. The van der Waals surface area contributed by atoms with Crippen LogP contribution in [-0.2, 0) is 6.42 Å². The standard InChI is InChI=1S/C13H17N5S/c1-4-9-7-10-11(18(3)8(2)5-6-14)16-13(15)17-12(10)19-9/h7-8H,4-5H2,1-3H3,(H2,15,16,17). The molecule has 2 aromatic heterocycles. The van der Waals surface area contributed by atoms with Crippen LogP contribution >= 0.6 is 11.3 Å². The summed E-state index contributed by atoms with van der Waals surface area (Å²) in [5.41, 5.74) is 5.78. The minimum absolute atomic E-state index is 0.0903. The summed E-state index contributed by atoms with van der Waals surface area (Å²) >= 11 is 1.65. The Morgan fingerprint density at radius 1 is 1.53 bits per heavy atom. The molecule has 0 aromatic carbocycles. The molecular weight excluding hydrogens is 258 g/mol. The molecule has 0 saturated carbocycles. The fourth-order valence-corrected chi connectivity index (χ4v) is 2.86. The molecular formula is C13H17N5S. The number of nitrogens with zero attached hydrogens (tertiary/aromatic N) is 4. The summed E-state index contributed by atoms with van der Waals surface area (Å²) in [6, 6.07) is 4.39. The van der Waals surface area contributed by atoms with E-state index in [2.05, 4.69) is 29.0 Å². The highest BCUT2D eigenvalue weighted by Gasteiger charge is 2.17. The Bertz CT molecular complexity index is 628. The Kier molecular flexibility index (Phi) is 3.86. The highest BCUT2D eigenvalue weighted by atomic mass is 32.1. The van der Waals surface area contributed by atoms with Crippen molar-refractivity contribution in [3.05, 3.63) is 10.9 Å². The third kappa shape index (κ3) is 2.61. The largest absolute Gasteiger partial charge is 0.368 e. The highest BCUT2D eigenvalue weighted by Crippen LogP contribution is 2.32. The number of anilines is 2. The summed E-state index contributed by atoms with van der Waals surface area (Å²) in [4.78, 5) is 12.8. The van der Waals surface area contributed by atoms with Gasteiger partial charge in [0.1, 0.15) is 10.6 Å². The third-order valence-electron chi connectivity index (χ3n) is 3.17. The predicted octanol–water partition coefficient (Wildman–Crippen LogP) is 2.57. The van der Waals surface area contributed by atoms with Gasteiger partial charge in [-0.15, -0.1) is 11.3 Å². The van der Waals surface area contributed by atoms with Gasteiger partial charge in [-0.25, -0.2) is 4.98 Å². The van der Waals surface area contributed by atoms with Crippen molar-refractivity contribution in [2.75, 3.05) is 17.7 Å². The molecule has 0 amide bonds. The monoisotopic (exact) mass is 275 g/mol. The molecule has 2 N–H and O–H groups in total. The van der Waals surface area contributed by atoms with Crippen molar-refractivity contribution < 1.29 is 0 Å². The van der Waals surface area contributed by atoms with E-state index < -0.39 is 0 Å². The quantitative estimate of drug-likeness (QED) is 0.927. The SMILES string of the molecule is CCc1cc2c(N(C)C(C)CC#N)nc(N)nc2s1. The average molecular weight is 275 g/mol. The van der Waals surface area contributed by atoms with Crippen molar-refractivity contribution >= 4 is 33.3 Å². The lowest BCUT2D eigenvalue weighted by molar-refractivity contribution is 0.696. The van der Waals surface area contributed by atoms with Crippen LogP contribution in [0.4, 0.5) is 11.8 Å². The van der Waals surface area contributed by atoms with E-state index in [1.54, 1.807) is 11.3 Å². The third-order valence-corrected chi connectivity index (χ3v) is 4.34. The van der Waals surface area contributed by atoms with Gasteiger partial charge < -0.3 is 10.6 Å². The number of hydrogen-bond acceptors (Lipinski definition) is 6. The zero-order chi connectivity index (χ0) is 14.0. The molecule has 19 heavy (non-hydrogen) atoms. The van der Waals surface area contributed by atoms with E-state index in [0.717, 1.165) is 22.5 Å². The summed E-state index contributed by atoms with van der Waals surface area (Å²) in [6.07, 6.45) is 1.42. The average Bonchev–Trinajstić information content (AvgIpc) is 2.79. The molecule has 100 valence electrons. The van der Waals surface area contributed by atoms with Gasteiger partial charge in [0.2, 0.25) is 5.95 Å². The lowest BCUT2D eigenvalue weighted by Gasteiger charge is -2.24. The second kappa shape index (κ2) is 5.41. The molecule has 0 aliphatic rings. The summed E-state index contributed by atoms with van der Waals surface area (Å²) in [5, 5.41) is 9.83. The van der Waals surface area contributed by atoms with Crippen LogP contribution in [-0.4, -0.2) is 23.1 Å². The first kappa shape index (κ1) is 13.6. The molecule has 6 heteroatoms. The molecule has 0 bridgehead atoms. The second-order valence-electron chi connectivity index (χ2n) is 4.51. The Hall–Kier alpha value is -1.87. The number of rotatable bonds is 4. The van der Waals surface area contributed by atoms with E-state index in [4.69, 9.17) is 11.0 Å². The van der Waals surface area contributed by atoms with Crippen molar-refractivity contribution in [1.29, 1.82) is 5.26 Å². The highest BCUT2D eigenvalue weighted by molar-refractivity contribution is 7.18. The molecule has 2 rings (SSSR count). The number of fused-ring (bicyclic) bond motifs is 1. The smallest absolute Gasteiger partial charge is 0.223 e. The minimum atomic E-state index is 0.0903. The van der Waals surface area contributed by atoms with Gasteiger partial charge >= 0.3 is 0 Å². The van der Waals surface area contributed by atoms with E-state index in [9.17, 15) is 0 Å². The molecule has 0 spiro atoms. The summed E-state index contributed by atoms with van der Waals surface area (Å²) in [7, 11) is 1.94. The van der Waals surface area contributed by atoms with Crippen LogP contribution in [0.2, 0.25) is 0 Å². The van der Waals surface area contributed by atoms with Crippen molar-refractivity contribution in [3.63, 3.8) is 0 Å². The van der Waals surface area contributed by atoms with E-state index in [0.29, 0.717) is 6.42 Å². The van der Waals surface area contributed by atoms with Gasteiger partial charge in [0.25, 0.3) is 0 Å². The van der Waals surface area contributed by atoms with E-state index >= 15 is 0 Å². The molecule has 0 aliphatic carbocycles. The van der Waals surface area contributed by atoms with Gasteiger partial charge in [0, 0.05) is 18.0 Å². The Labute approximate surface area is 116 Å². The van der Waals surface area contributed by atoms with Crippen LogP contribution in [0.5, 0.6) is 0 Å². The van der Waals surface area contributed by atoms with Gasteiger partial charge in [0.15, 0.2) is 0 Å². The summed E-state index contributed by atoms with van der Waals surface area (Å²) in [5.74, 6) is 1.09. The maximum atomic E-state index is 8.81. The molecule has 0 fully saturated rings. The molecule has 0 radical (unpaired) electrons. The van der Waals surface area contributed by atoms with Crippen molar-refractivity contribution in [2.45, 2.75) is 32.7 Å². The van der Waals surface area contributed by atoms with Gasteiger partial charge in [-0.05, 0) is 19.4 Å². The first-order chi connectivity index (χ1) is 9.06. The number of aryl methyl sites for hydroxylation is 1. The van der Waals surface area contributed by atoms with Crippen LogP contribution < -0.4 is 10.6 Å². The Balaban J connectivity index is 2.52. The first-order valence-electron chi connectivity index (χ1n) is 6.22. The van der Waals surface area contributed by atoms with Crippen LogP contribution in [0.15, 0.2) is 6.07 Å². The van der Waals surface area contributed by atoms with Crippen molar-refractivity contribution in [2.24, 2.45) is 0 Å². The number of aromatic nitrogens is 2. The number of nitrogen functional groups attached to an aromatic ring is 1. The number of nitriles is 1. The number of nitrogens with two attached hydrogens (primary N) is 1. The zero-order valence-electron chi connectivity index (χ0n) is 11.3. The maximum absolute atomic E-state index is 8.81. The number of thiophene rings is 1. The van der Waals surface area contributed by atoms with Gasteiger partial charge in [-0.3, -0.25) is 0 Å². The molecule has 1 unspecified atom stereocenters. The maximum Gasteiger partial charge on any atom is 0.223 e. The topological polar surface area (TPSA) is 78.8 Å². The number of hydrogen-bond donors (Lipinski definition) is 1. The fourth-order valence-electron chi connectivity index (χ4n) is 1.89. The van der Waals surface area contributed by atoms with Crippen LogP contribution in [0.3, 0.4) is 0 Å². The minimum Gasteiger partial charge on any atom is -0.368 e. The van der Waals surface area contributed by atoms with Crippen molar-refractivity contribution in [1.82, 2.24) is 9.97 Å². The molecule has 0 saturated heterocycles. The van der Waals surface area contributed by atoms with E-state index in [-0.39, 0.29) is 12.0 Å². The predicted molar refractivity (Wildman–Crippen MR) is 79.3 cm³/mol. The van der Waals surface area contributed by atoms with Crippen LogP contribution in [0, 0.1) is 11.3 Å². The Morgan fingerprint density at radius 3 is 2.89 bits per heavy atom. The van der Waals surface area contributed by atoms with E-state index in [1.165, 1.54) is 4.88 Å². The molecule has 2 heterocycles. The lowest BCUT2D eigenvalue weighted by Crippen LogP contribution is -2.29. The van der Waals surface area contributed by atoms with E-state index in [1.807, 2.05) is 18.9 Å². The van der Waals surface area contributed by atoms with Gasteiger partial charge in [-0.2, -0.15) is 10.2 Å². The molecule has 1 atom stereocenters. The fraction of sp³-hybridized carbons (Fsp3) is 0.462. The normalized spacial score (nSPS) is 12.3. The summed E-state index contributed by atoms with van der Waals surface area (Å²) in [6.45, 7) is 4.11. The summed E-state index contributed by atoms with van der Waals surface area (Å²) < 4.78 is 0. The molecule has 2 aromatic rings. The van der Waals surface area contributed by atoms with Crippen molar-refractivity contribution in [3.8, 4) is 6.07 Å². The molecule has 0 aliphatic heterocycles. The Morgan fingerprint density at radius 2 is 2.26 bits per heavy atom. The van der Waals surface area contributed by atoms with Crippen LogP contribution in [0.1, 0.15) is 25.1 Å². The van der Waals surface area contributed by atoms with Gasteiger partial charge in [0.05, 0.1) is 17.9 Å².